The highest BCUT2D eigenvalue weighted by atomic mass is 35.5. The van der Waals surface area contributed by atoms with Gasteiger partial charge in [-0.1, -0.05) is 29.3 Å². The normalized spacial score (nSPS) is 10.9. The summed E-state index contributed by atoms with van der Waals surface area (Å²) in [6.07, 6.45) is 3.44. The Morgan fingerprint density at radius 1 is 1.24 bits per heavy atom. The molecule has 0 spiro atoms. The van der Waals surface area contributed by atoms with Crippen LogP contribution in [0.25, 0.3) is 6.08 Å². The predicted molar refractivity (Wildman–Crippen MR) is 103 cm³/mol. The number of rotatable bonds is 5. The van der Waals surface area contributed by atoms with Crippen molar-refractivity contribution in [1.29, 1.82) is 5.26 Å². The van der Waals surface area contributed by atoms with Gasteiger partial charge in [0.25, 0.3) is 5.91 Å². The summed E-state index contributed by atoms with van der Waals surface area (Å²) in [5, 5.41) is 12.7. The number of halogens is 2. The highest BCUT2D eigenvalue weighted by molar-refractivity contribution is 7.98. The maximum absolute atomic E-state index is 12.3. The number of ether oxygens (including phenoxy) is 1. The zero-order chi connectivity index (χ0) is 18.4. The SMILES string of the molecule is COc1cc(/C=C(/C#N)C(=O)Nc2cc(Cl)cc(Cl)c2)ccc1SC. The number of anilines is 1. The van der Waals surface area contributed by atoms with E-state index in [-0.39, 0.29) is 5.57 Å². The van der Waals surface area contributed by atoms with E-state index in [0.717, 1.165) is 4.90 Å². The van der Waals surface area contributed by atoms with Crippen molar-refractivity contribution in [1.82, 2.24) is 0 Å². The van der Waals surface area contributed by atoms with E-state index in [1.54, 1.807) is 43.1 Å². The molecule has 0 saturated heterocycles. The number of nitrogens with zero attached hydrogens (tertiary/aromatic N) is 1. The van der Waals surface area contributed by atoms with E-state index in [1.807, 2.05) is 24.5 Å². The molecular weight excluding hydrogens is 379 g/mol. The molecule has 0 unspecified atom stereocenters. The topological polar surface area (TPSA) is 62.1 Å². The molecule has 2 rings (SSSR count). The number of methoxy groups -OCH3 is 1. The number of nitriles is 1. The lowest BCUT2D eigenvalue weighted by Gasteiger charge is -2.08. The molecule has 0 radical (unpaired) electrons. The predicted octanol–water partition coefficient (Wildman–Crippen LogP) is 5.27. The van der Waals surface area contributed by atoms with E-state index in [2.05, 4.69) is 5.32 Å². The van der Waals surface area contributed by atoms with Crippen LogP contribution in [0.4, 0.5) is 5.69 Å². The summed E-state index contributed by atoms with van der Waals surface area (Å²) in [5.41, 5.74) is 1.06. The van der Waals surface area contributed by atoms with Crippen LogP contribution in [0.2, 0.25) is 10.0 Å². The zero-order valence-corrected chi connectivity index (χ0v) is 15.8. The second-order valence-electron chi connectivity index (χ2n) is 4.90. The molecule has 0 saturated carbocycles. The molecule has 1 amide bonds. The minimum Gasteiger partial charge on any atom is -0.496 e. The Labute approximate surface area is 160 Å². The van der Waals surface area contributed by atoms with E-state index in [9.17, 15) is 10.1 Å². The van der Waals surface area contributed by atoms with Crippen LogP contribution >= 0.6 is 35.0 Å². The Kier molecular flexibility index (Phi) is 6.77. The molecule has 0 heterocycles. The number of benzene rings is 2. The summed E-state index contributed by atoms with van der Waals surface area (Å²) in [6, 6.07) is 12.0. The molecule has 0 aliphatic heterocycles. The quantitative estimate of drug-likeness (QED) is 0.427. The first-order valence-electron chi connectivity index (χ1n) is 7.08. The number of thioether (sulfide) groups is 1. The first-order chi connectivity index (χ1) is 12.0. The van der Waals surface area contributed by atoms with Crippen LogP contribution in [-0.2, 0) is 4.79 Å². The molecule has 7 heteroatoms. The van der Waals surface area contributed by atoms with E-state index in [0.29, 0.717) is 27.0 Å². The number of amides is 1. The van der Waals surface area contributed by atoms with Crippen molar-refractivity contribution in [2.24, 2.45) is 0 Å². The van der Waals surface area contributed by atoms with Gasteiger partial charge in [0, 0.05) is 20.6 Å². The van der Waals surface area contributed by atoms with Gasteiger partial charge in [-0.3, -0.25) is 4.79 Å². The molecule has 0 atom stereocenters. The summed E-state index contributed by atoms with van der Waals surface area (Å²) in [7, 11) is 1.57. The largest absolute Gasteiger partial charge is 0.496 e. The molecule has 2 aromatic rings. The molecule has 0 aliphatic carbocycles. The van der Waals surface area contributed by atoms with Gasteiger partial charge < -0.3 is 10.1 Å². The molecular formula is C18H14Cl2N2O2S. The van der Waals surface area contributed by atoms with Crippen molar-refractivity contribution in [3.05, 3.63) is 57.6 Å². The van der Waals surface area contributed by atoms with Crippen LogP contribution in [0, 0.1) is 11.3 Å². The Morgan fingerprint density at radius 3 is 2.48 bits per heavy atom. The van der Waals surface area contributed by atoms with E-state index < -0.39 is 5.91 Å². The Morgan fingerprint density at radius 2 is 1.92 bits per heavy atom. The summed E-state index contributed by atoms with van der Waals surface area (Å²) in [5.74, 6) is 0.134. The summed E-state index contributed by atoms with van der Waals surface area (Å²) < 4.78 is 5.31. The lowest BCUT2D eigenvalue weighted by Crippen LogP contribution is -2.13. The van der Waals surface area contributed by atoms with Crippen molar-refractivity contribution in [2.45, 2.75) is 4.90 Å². The fourth-order valence-corrected chi connectivity index (χ4v) is 3.16. The van der Waals surface area contributed by atoms with Crippen molar-refractivity contribution in [2.75, 3.05) is 18.7 Å². The van der Waals surface area contributed by atoms with Gasteiger partial charge in [-0.2, -0.15) is 5.26 Å². The van der Waals surface area contributed by atoms with Crippen LogP contribution in [0.15, 0.2) is 46.9 Å². The minimum atomic E-state index is -0.547. The summed E-state index contributed by atoms with van der Waals surface area (Å²) in [6.45, 7) is 0. The van der Waals surface area contributed by atoms with Crippen LogP contribution < -0.4 is 10.1 Å². The Balaban J connectivity index is 2.27. The van der Waals surface area contributed by atoms with Crippen molar-refractivity contribution in [3.63, 3.8) is 0 Å². The first kappa shape index (κ1) is 19.2. The van der Waals surface area contributed by atoms with Crippen LogP contribution in [-0.4, -0.2) is 19.3 Å². The van der Waals surface area contributed by atoms with Gasteiger partial charge in [-0.25, -0.2) is 0 Å². The van der Waals surface area contributed by atoms with Crippen LogP contribution in [0.1, 0.15) is 5.56 Å². The molecule has 0 aromatic heterocycles. The lowest BCUT2D eigenvalue weighted by atomic mass is 10.1. The lowest BCUT2D eigenvalue weighted by molar-refractivity contribution is -0.112. The summed E-state index contributed by atoms with van der Waals surface area (Å²) >= 11 is 13.4. The minimum absolute atomic E-state index is 0.0462. The van der Waals surface area contributed by atoms with Gasteiger partial charge in [0.05, 0.1) is 7.11 Å². The third-order valence-corrected chi connectivity index (χ3v) is 4.42. The molecule has 4 nitrogen and oxygen atoms in total. The van der Waals surface area contributed by atoms with Crippen molar-refractivity contribution >= 4 is 52.6 Å². The summed E-state index contributed by atoms with van der Waals surface area (Å²) in [4.78, 5) is 13.3. The van der Waals surface area contributed by atoms with E-state index in [4.69, 9.17) is 27.9 Å². The number of nitrogens with one attached hydrogen (secondary N) is 1. The van der Waals surface area contributed by atoms with Gasteiger partial charge in [0.15, 0.2) is 0 Å². The maximum atomic E-state index is 12.3. The standard InChI is InChI=1S/C18H14Cl2N2O2S/c1-24-16-6-11(3-4-17(16)25-2)5-12(10-21)18(23)22-15-8-13(19)7-14(20)9-15/h3-9H,1-2H3,(H,22,23)/b12-5-. The van der Waals surface area contributed by atoms with Crippen LogP contribution in [0.5, 0.6) is 5.75 Å². The molecule has 2 aromatic carbocycles. The third-order valence-electron chi connectivity index (χ3n) is 3.20. The number of hydrogen-bond donors (Lipinski definition) is 1. The van der Waals surface area contributed by atoms with Gasteiger partial charge >= 0.3 is 0 Å². The average molecular weight is 393 g/mol. The third kappa shape index (κ3) is 5.17. The van der Waals surface area contributed by atoms with Gasteiger partial charge in [0.2, 0.25) is 0 Å². The molecule has 0 bridgehead atoms. The molecule has 0 fully saturated rings. The Bertz CT molecular complexity index is 856. The highest BCUT2D eigenvalue weighted by Crippen LogP contribution is 2.29. The second kappa shape index (κ2) is 8.82. The fourth-order valence-electron chi connectivity index (χ4n) is 2.08. The average Bonchev–Trinajstić information content (AvgIpc) is 2.58. The number of carbonyl (C=O) groups is 1. The van der Waals surface area contributed by atoms with Crippen molar-refractivity contribution < 1.29 is 9.53 Å². The van der Waals surface area contributed by atoms with Crippen molar-refractivity contribution in [3.8, 4) is 11.8 Å². The fraction of sp³-hybridized carbons (Fsp3) is 0.111. The number of carbonyl (C=O) groups excluding carboxylic acids is 1. The Hall–Kier alpha value is -2.13. The van der Waals surface area contributed by atoms with E-state index in [1.165, 1.54) is 6.08 Å². The zero-order valence-electron chi connectivity index (χ0n) is 13.5. The van der Waals surface area contributed by atoms with Gasteiger partial charge in [-0.05, 0) is 48.2 Å². The maximum Gasteiger partial charge on any atom is 0.266 e. The smallest absolute Gasteiger partial charge is 0.266 e. The molecule has 1 N–H and O–H groups in total. The van der Waals surface area contributed by atoms with Crippen LogP contribution in [0.3, 0.4) is 0 Å². The van der Waals surface area contributed by atoms with Gasteiger partial charge in [0.1, 0.15) is 17.4 Å². The van der Waals surface area contributed by atoms with E-state index >= 15 is 0 Å². The molecule has 25 heavy (non-hydrogen) atoms. The molecule has 128 valence electrons. The van der Waals surface area contributed by atoms with Gasteiger partial charge in [-0.15, -0.1) is 11.8 Å². The highest BCUT2D eigenvalue weighted by Gasteiger charge is 2.11. The first-order valence-corrected chi connectivity index (χ1v) is 9.06. The monoisotopic (exact) mass is 392 g/mol. The second-order valence-corrected chi connectivity index (χ2v) is 6.62. The molecule has 0 aliphatic rings. The number of hydrogen-bond acceptors (Lipinski definition) is 4.